The first-order valence-electron chi connectivity index (χ1n) is 6.11. The van der Waals surface area contributed by atoms with Gasteiger partial charge in [0.25, 0.3) is 0 Å². The number of hydrogen-bond acceptors (Lipinski definition) is 2. The van der Waals surface area contributed by atoms with Crippen molar-refractivity contribution in [2.45, 2.75) is 32.7 Å². The Balaban J connectivity index is 2.41. The molecule has 3 heteroatoms. The summed E-state index contributed by atoms with van der Waals surface area (Å²) in [5.74, 6) is 0.200. The van der Waals surface area contributed by atoms with Gasteiger partial charge in [-0.25, -0.2) is 0 Å². The Labute approximate surface area is 103 Å². The first-order chi connectivity index (χ1) is 8.00. The largest absolute Gasteiger partial charge is 0.314 e. The summed E-state index contributed by atoms with van der Waals surface area (Å²) in [5, 5.41) is 3.32. The highest BCUT2D eigenvalue weighted by Gasteiger charge is 2.33. The zero-order valence-corrected chi connectivity index (χ0v) is 10.8. The summed E-state index contributed by atoms with van der Waals surface area (Å²) < 4.78 is 0. The number of aryl methyl sites for hydroxylation is 1. The Morgan fingerprint density at radius 3 is 2.82 bits per heavy atom. The van der Waals surface area contributed by atoms with E-state index in [1.165, 1.54) is 5.56 Å². The van der Waals surface area contributed by atoms with Crippen molar-refractivity contribution < 1.29 is 4.79 Å². The van der Waals surface area contributed by atoms with Crippen molar-refractivity contribution in [2.75, 3.05) is 18.0 Å². The molecule has 1 aliphatic heterocycles. The maximum Gasteiger partial charge on any atom is 0.228 e. The molecule has 1 amide bonds. The van der Waals surface area contributed by atoms with Crippen LogP contribution in [0.5, 0.6) is 0 Å². The number of rotatable bonds is 1. The zero-order chi connectivity index (χ0) is 12.5. The van der Waals surface area contributed by atoms with Crippen molar-refractivity contribution in [1.82, 2.24) is 5.32 Å². The van der Waals surface area contributed by atoms with Crippen LogP contribution < -0.4 is 10.2 Å². The Morgan fingerprint density at radius 1 is 1.35 bits per heavy atom. The number of carbonyl (C=O) groups excluding carboxylic acids is 1. The average Bonchev–Trinajstić information content (AvgIpc) is 2.36. The molecule has 1 N–H and O–H groups in total. The van der Waals surface area contributed by atoms with E-state index in [-0.39, 0.29) is 11.4 Å². The van der Waals surface area contributed by atoms with Gasteiger partial charge >= 0.3 is 0 Å². The van der Waals surface area contributed by atoms with Crippen LogP contribution in [-0.2, 0) is 4.79 Å². The van der Waals surface area contributed by atoms with Crippen LogP contribution in [0.15, 0.2) is 24.3 Å². The molecule has 1 fully saturated rings. The van der Waals surface area contributed by atoms with Crippen LogP contribution in [-0.4, -0.2) is 24.5 Å². The monoisotopic (exact) mass is 232 g/mol. The van der Waals surface area contributed by atoms with E-state index in [0.717, 1.165) is 18.8 Å². The fourth-order valence-corrected chi connectivity index (χ4v) is 2.38. The Kier molecular flexibility index (Phi) is 3.20. The van der Waals surface area contributed by atoms with Gasteiger partial charge in [0.05, 0.1) is 5.54 Å². The number of benzene rings is 1. The first-order valence-corrected chi connectivity index (χ1v) is 6.11. The molecule has 2 rings (SSSR count). The fourth-order valence-electron chi connectivity index (χ4n) is 2.38. The van der Waals surface area contributed by atoms with Crippen molar-refractivity contribution in [3.63, 3.8) is 0 Å². The van der Waals surface area contributed by atoms with E-state index in [1.54, 1.807) is 0 Å². The molecule has 0 aromatic heterocycles. The Hall–Kier alpha value is -1.35. The van der Waals surface area contributed by atoms with Crippen LogP contribution in [0.25, 0.3) is 0 Å². The van der Waals surface area contributed by atoms with E-state index in [1.807, 2.05) is 17.0 Å². The summed E-state index contributed by atoms with van der Waals surface area (Å²) >= 11 is 0. The van der Waals surface area contributed by atoms with Gasteiger partial charge in [-0.2, -0.15) is 0 Å². The minimum atomic E-state index is -0.179. The number of nitrogens with one attached hydrogen (secondary N) is 1. The first kappa shape index (κ1) is 12.1. The summed E-state index contributed by atoms with van der Waals surface area (Å²) in [7, 11) is 0. The summed E-state index contributed by atoms with van der Waals surface area (Å²) in [5.41, 5.74) is 2.01. The number of hydrogen-bond donors (Lipinski definition) is 1. The van der Waals surface area contributed by atoms with E-state index in [2.05, 4.69) is 38.2 Å². The van der Waals surface area contributed by atoms with Crippen molar-refractivity contribution in [3.05, 3.63) is 29.8 Å². The Morgan fingerprint density at radius 2 is 2.12 bits per heavy atom. The van der Waals surface area contributed by atoms with Crippen molar-refractivity contribution in [2.24, 2.45) is 0 Å². The minimum absolute atomic E-state index is 0.179. The maximum atomic E-state index is 12.2. The molecule has 0 saturated carbocycles. The molecule has 0 unspecified atom stereocenters. The average molecular weight is 232 g/mol. The summed E-state index contributed by atoms with van der Waals surface area (Å²) in [6.07, 6.45) is 0.567. The number of anilines is 1. The standard InChI is InChI=1S/C14H20N2O/c1-11-5-4-6-12(9-11)16-13(17)7-8-15-10-14(16,2)3/h4-6,9,15H,7-8,10H2,1-3H3. The molecule has 1 heterocycles. The lowest BCUT2D eigenvalue weighted by Crippen LogP contribution is -2.51. The normalized spacial score (nSPS) is 20.2. The molecule has 0 spiro atoms. The second kappa shape index (κ2) is 4.49. The summed E-state index contributed by atoms with van der Waals surface area (Å²) in [6.45, 7) is 7.85. The van der Waals surface area contributed by atoms with Gasteiger partial charge in [0.2, 0.25) is 5.91 Å². The lowest BCUT2D eigenvalue weighted by molar-refractivity contribution is -0.119. The topological polar surface area (TPSA) is 32.3 Å². The van der Waals surface area contributed by atoms with Crippen LogP contribution in [0.4, 0.5) is 5.69 Å². The second-order valence-electron chi connectivity index (χ2n) is 5.31. The second-order valence-corrected chi connectivity index (χ2v) is 5.31. The molecule has 1 aliphatic rings. The van der Waals surface area contributed by atoms with Crippen LogP contribution in [0, 0.1) is 6.92 Å². The molecule has 0 aliphatic carbocycles. The molecule has 0 atom stereocenters. The summed E-state index contributed by atoms with van der Waals surface area (Å²) in [6, 6.07) is 8.15. The van der Waals surface area contributed by atoms with Crippen LogP contribution in [0.2, 0.25) is 0 Å². The third-order valence-corrected chi connectivity index (χ3v) is 3.19. The fraction of sp³-hybridized carbons (Fsp3) is 0.500. The number of carbonyl (C=O) groups is 1. The molecule has 0 bridgehead atoms. The van der Waals surface area contributed by atoms with Gasteiger partial charge < -0.3 is 10.2 Å². The third kappa shape index (κ3) is 2.50. The van der Waals surface area contributed by atoms with Crippen LogP contribution in [0.1, 0.15) is 25.8 Å². The third-order valence-electron chi connectivity index (χ3n) is 3.19. The molecular weight excluding hydrogens is 212 g/mol. The molecule has 92 valence electrons. The highest BCUT2D eigenvalue weighted by Crippen LogP contribution is 2.26. The Bertz CT molecular complexity index is 426. The predicted molar refractivity (Wildman–Crippen MR) is 70.2 cm³/mol. The molecule has 1 saturated heterocycles. The van der Waals surface area contributed by atoms with Crippen molar-refractivity contribution >= 4 is 11.6 Å². The van der Waals surface area contributed by atoms with Gasteiger partial charge in [-0.1, -0.05) is 12.1 Å². The molecular formula is C14H20N2O. The lowest BCUT2D eigenvalue weighted by Gasteiger charge is -2.37. The number of nitrogens with zero attached hydrogens (tertiary/aromatic N) is 1. The molecule has 3 nitrogen and oxygen atoms in total. The van der Waals surface area contributed by atoms with Crippen molar-refractivity contribution in [3.8, 4) is 0 Å². The number of amides is 1. The van der Waals surface area contributed by atoms with E-state index >= 15 is 0 Å². The van der Waals surface area contributed by atoms with E-state index < -0.39 is 0 Å². The van der Waals surface area contributed by atoms with Crippen LogP contribution >= 0.6 is 0 Å². The van der Waals surface area contributed by atoms with Crippen molar-refractivity contribution in [1.29, 1.82) is 0 Å². The van der Waals surface area contributed by atoms with Gasteiger partial charge in [-0.15, -0.1) is 0 Å². The molecule has 0 radical (unpaired) electrons. The highest BCUT2D eigenvalue weighted by molar-refractivity contribution is 5.95. The SMILES string of the molecule is Cc1cccc(N2C(=O)CCNCC2(C)C)c1. The van der Waals surface area contributed by atoms with Gasteiger partial charge in [0, 0.05) is 25.2 Å². The van der Waals surface area contributed by atoms with E-state index in [0.29, 0.717) is 6.42 Å². The zero-order valence-electron chi connectivity index (χ0n) is 10.8. The van der Waals surface area contributed by atoms with E-state index in [4.69, 9.17) is 0 Å². The summed E-state index contributed by atoms with van der Waals surface area (Å²) in [4.78, 5) is 14.2. The lowest BCUT2D eigenvalue weighted by atomic mass is 10.0. The maximum absolute atomic E-state index is 12.2. The van der Waals surface area contributed by atoms with E-state index in [9.17, 15) is 4.79 Å². The smallest absolute Gasteiger partial charge is 0.228 e. The van der Waals surface area contributed by atoms with Gasteiger partial charge in [0.15, 0.2) is 0 Å². The van der Waals surface area contributed by atoms with Gasteiger partial charge in [0.1, 0.15) is 0 Å². The van der Waals surface area contributed by atoms with Gasteiger partial charge in [-0.05, 0) is 38.5 Å². The van der Waals surface area contributed by atoms with Crippen LogP contribution in [0.3, 0.4) is 0 Å². The highest BCUT2D eigenvalue weighted by atomic mass is 16.2. The molecule has 1 aromatic rings. The predicted octanol–water partition coefficient (Wildman–Crippen LogP) is 2.10. The van der Waals surface area contributed by atoms with Gasteiger partial charge in [-0.3, -0.25) is 4.79 Å². The molecule has 17 heavy (non-hydrogen) atoms. The minimum Gasteiger partial charge on any atom is -0.314 e. The quantitative estimate of drug-likeness (QED) is 0.804. The molecule has 1 aromatic carbocycles.